The van der Waals surface area contributed by atoms with Gasteiger partial charge in [0.15, 0.2) is 0 Å². The van der Waals surface area contributed by atoms with Gasteiger partial charge < -0.3 is 15.0 Å². The molecule has 0 aromatic rings. The maximum Gasteiger partial charge on any atom is 0.0779 e. The Labute approximate surface area is 112 Å². The molecule has 0 amide bonds. The minimum Gasteiger partial charge on any atom is -0.374 e. The van der Waals surface area contributed by atoms with E-state index >= 15 is 0 Å². The molecule has 0 aromatic heterocycles. The average molecular weight is 254 g/mol. The van der Waals surface area contributed by atoms with E-state index in [1.807, 2.05) is 0 Å². The van der Waals surface area contributed by atoms with Crippen LogP contribution in [0, 0.1) is 5.92 Å². The van der Waals surface area contributed by atoms with Crippen LogP contribution in [0.3, 0.4) is 0 Å². The number of hydrogen-bond donors (Lipinski definition) is 1. The number of nitrogens with zero attached hydrogens (tertiary/aromatic N) is 1. The molecule has 0 radical (unpaired) electrons. The Morgan fingerprint density at radius 1 is 1.39 bits per heavy atom. The molecule has 3 heteroatoms. The van der Waals surface area contributed by atoms with Gasteiger partial charge in [-0.05, 0) is 65.1 Å². The quantitative estimate of drug-likeness (QED) is 0.814. The highest BCUT2D eigenvalue weighted by molar-refractivity contribution is 4.86. The minimum absolute atomic E-state index is 0.0956. The second kappa shape index (κ2) is 6.36. The van der Waals surface area contributed by atoms with Crippen LogP contribution in [-0.2, 0) is 4.74 Å². The highest BCUT2D eigenvalue weighted by Gasteiger charge is 2.31. The average Bonchev–Trinajstić information content (AvgIpc) is 2.83. The van der Waals surface area contributed by atoms with Crippen LogP contribution >= 0.6 is 0 Å². The molecule has 106 valence electrons. The molecule has 2 heterocycles. The molecule has 1 N–H and O–H groups in total. The van der Waals surface area contributed by atoms with Crippen molar-refractivity contribution < 1.29 is 4.74 Å². The summed E-state index contributed by atoms with van der Waals surface area (Å²) in [5, 5.41) is 3.72. The minimum atomic E-state index is 0.0956. The molecule has 0 bridgehead atoms. The largest absolute Gasteiger partial charge is 0.374 e. The maximum absolute atomic E-state index is 5.84. The van der Waals surface area contributed by atoms with E-state index in [1.54, 1.807) is 0 Å². The number of likely N-dealkylation sites (tertiary alicyclic amines) is 1. The van der Waals surface area contributed by atoms with Crippen molar-refractivity contribution in [2.75, 3.05) is 32.8 Å². The van der Waals surface area contributed by atoms with Gasteiger partial charge in [-0.2, -0.15) is 0 Å². The maximum atomic E-state index is 5.84. The topological polar surface area (TPSA) is 24.5 Å². The second-order valence-corrected chi connectivity index (χ2v) is 6.34. The molecule has 2 aliphatic heterocycles. The van der Waals surface area contributed by atoms with Crippen molar-refractivity contribution in [1.82, 2.24) is 10.2 Å². The Hall–Kier alpha value is -0.120. The molecule has 2 rings (SSSR count). The molecular weight excluding hydrogens is 224 g/mol. The zero-order chi connectivity index (χ0) is 13.0. The van der Waals surface area contributed by atoms with Gasteiger partial charge in [0.2, 0.25) is 0 Å². The number of rotatable bonds is 5. The van der Waals surface area contributed by atoms with E-state index in [4.69, 9.17) is 4.74 Å². The van der Waals surface area contributed by atoms with Crippen molar-refractivity contribution in [1.29, 1.82) is 0 Å². The summed E-state index contributed by atoms with van der Waals surface area (Å²) in [6.07, 6.45) is 5.13. The lowest BCUT2D eigenvalue weighted by molar-refractivity contribution is 0.0165. The third kappa shape index (κ3) is 3.69. The molecule has 2 saturated heterocycles. The summed E-state index contributed by atoms with van der Waals surface area (Å²) < 4.78 is 5.84. The van der Waals surface area contributed by atoms with Gasteiger partial charge in [0.25, 0.3) is 0 Å². The van der Waals surface area contributed by atoms with Crippen LogP contribution < -0.4 is 5.32 Å². The lowest BCUT2D eigenvalue weighted by Crippen LogP contribution is -2.46. The molecule has 2 fully saturated rings. The normalized spacial score (nSPS) is 32.8. The zero-order valence-electron chi connectivity index (χ0n) is 12.4. The van der Waals surface area contributed by atoms with Crippen LogP contribution in [0.5, 0.6) is 0 Å². The monoisotopic (exact) mass is 254 g/mol. The molecule has 0 spiro atoms. The number of hydrogen-bond acceptors (Lipinski definition) is 3. The van der Waals surface area contributed by atoms with E-state index in [0.717, 1.165) is 19.1 Å². The molecule has 0 saturated carbocycles. The van der Waals surface area contributed by atoms with Gasteiger partial charge in [-0.1, -0.05) is 6.92 Å². The third-order valence-electron chi connectivity index (χ3n) is 4.89. The summed E-state index contributed by atoms with van der Waals surface area (Å²) in [5.74, 6) is 0.845. The van der Waals surface area contributed by atoms with Crippen molar-refractivity contribution in [3.63, 3.8) is 0 Å². The fraction of sp³-hybridized carbons (Fsp3) is 1.00. The molecule has 2 atom stereocenters. The van der Waals surface area contributed by atoms with E-state index in [-0.39, 0.29) is 5.60 Å². The van der Waals surface area contributed by atoms with E-state index in [9.17, 15) is 0 Å². The first kappa shape index (κ1) is 14.3. The van der Waals surface area contributed by atoms with Gasteiger partial charge >= 0.3 is 0 Å². The van der Waals surface area contributed by atoms with Gasteiger partial charge in [-0.25, -0.2) is 0 Å². The Kier molecular flexibility index (Phi) is 5.05. The smallest absolute Gasteiger partial charge is 0.0779 e. The van der Waals surface area contributed by atoms with Crippen LogP contribution in [0.15, 0.2) is 0 Å². The van der Waals surface area contributed by atoms with Crippen LogP contribution in [0.1, 0.15) is 46.5 Å². The third-order valence-corrected chi connectivity index (χ3v) is 4.89. The first-order chi connectivity index (χ1) is 8.63. The summed E-state index contributed by atoms with van der Waals surface area (Å²) in [6.45, 7) is 12.6. The predicted molar refractivity (Wildman–Crippen MR) is 75.9 cm³/mol. The van der Waals surface area contributed by atoms with Crippen molar-refractivity contribution in [2.45, 2.75) is 58.1 Å². The highest BCUT2D eigenvalue weighted by atomic mass is 16.5. The fourth-order valence-electron chi connectivity index (χ4n) is 3.29. The lowest BCUT2D eigenvalue weighted by Gasteiger charge is -2.36. The van der Waals surface area contributed by atoms with Crippen LogP contribution in [0.2, 0.25) is 0 Å². The Balaban J connectivity index is 1.70. The Bertz CT molecular complexity index is 243. The molecule has 0 aromatic carbocycles. The molecule has 18 heavy (non-hydrogen) atoms. The summed E-state index contributed by atoms with van der Waals surface area (Å²) in [6, 6.07) is 0.630. The molecule has 0 aliphatic carbocycles. The van der Waals surface area contributed by atoms with Crippen LogP contribution in [0.4, 0.5) is 0 Å². The summed E-state index contributed by atoms with van der Waals surface area (Å²) in [4.78, 5) is 2.56. The fourth-order valence-corrected chi connectivity index (χ4v) is 3.29. The van der Waals surface area contributed by atoms with E-state index in [2.05, 4.69) is 31.0 Å². The SMILES string of the molecule is CCN1CCC(C(C)NCC2(C)CCCO2)CC1. The Morgan fingerprint density at radius 3 is 2.67 bits per heavy atom. The van der Waals surface area contributed by atoms with Gasteiger partial charge in [0.05, 0.1) is 5.60 Å². The second-order valence-electron chi connectivity index (χ2n) is 6.34. The number of nitrogens with one attached hydrogen (secondary N) is 1. The van der Waals surface area contributed by atoms with Crippen molar-refractivity contribution in [3.8, 4) is 0 Å². The molecule has 2 aliphatic rings. The molecule has 3 nitrogen and oxygen atoms in total. The first-order valence-corrected chi connectivity index (χ1v) is 7.73. The van der Waals surface area contributed by atoms with Crippen molar-refractivity contribution in [2.24, 2.45) is 5.92 Å². The van der Waals surface area contributed by atoms with Gasteiger partial charge in [0, 0.05) is 19.2 Å². The molecular formula is C15H30N2O. The van der Waals surface area contributed by atoms with E-state index in [1.165, 1.54) is 45.3 Å². The summed E-state index contributed by atoms with van der Waals surface area (Å²) in [5.41, 5.74) is 0.0956. The van der Waals surface area contributed by atoms with E-state index in [0.29, 0.717) is 6.04 Å². The van der Waals surface area contributed by atoms with Gasteiger partial charge in [-0.3, -0.25) is 0 Å². The first-order valence-electron chi connectivity index (χ1n) is 7.73. The molecule has 2 unspecified atom stereocenters. The van der Waals surface area contributed by atoms with Gasteiger partial charge in [0.1, 0.15) is 0 Å². The van der Waals surface area contributed by atoms with Crippen molar-refractivity contribution >= 4 is 0 Å². The standard InChI is InChI=1S/C15H30N2O/c1-4-17-9-6-14(7-10-17)13(2)16-12-15(3)8-5-11-18-15/h13-14,16H,4-12H2,1-3H3. The zero-order valence-corrected chi connectivity index (χ0v) is 12.4. The Morgan fingerprint density at radius 2 is 2.11 bits per heavy atom. The van der Waals surface area contributed by atoms with Crippen LogP contribution in [0.25, 0.3) is 0 Å². The van der Waals surface area contributed by atoms with E-state index < -0.39 is 0 Å². The highest BCUT2D eigenvalue weighted by Crippen LogP contribution is 2.25. The van der Waals surface area contributed by atoms with Gasteiger partial charge in [-0.15, -0.1) is 0 Å². The predicted octanol–water partition coefficient (Wildman–Crippen LogP) is 2.27. The summed E-state index contributed by atoms with van der Waals surface area (Å²) in [7, 11) is 0. The van der Waals surface area contributed by atoms with Crippen LogP contribution in [-0.4, -0.2) is 49.3 Å². The number of ether oxygens (including phenoxy) is 1. The lowest BCUT2D eigenvalue weighted by atomic mass is 9.89. The number of piperidine rings is 1. The van der Waals surface area contributed by atoms with Crippen molar-refractivity contribution in [3.05, 3.63) is 0 Å². The summed E-state index contributed by atoms with van der Waals surface area (Å²) >= 11 is 0.